The largest absolute Gasteiger partial charge is 0.393 e. The summed E-state index contributed by atoms with van der Waals surface area (Å²) < 4.78 is 0. The molecule has 0 radical (unpaired) electrons. The summed E-state index contributed by atoms with van der Waals surface area (Å²) in [6.07, 6.45) is 4.07. The summed E-state index contributed by atoms with van der Waals surface area (Å²) in [5.74, 6) is 0.395. The first-order valence-electron chi connectivity index (χ1n) is 7.40. The highest BCUT2D eigenvalue weighted by Crippen LogP contribution is 2.23. The van der Waals surface area contributed by atoms with Gasteiger partial charge < -0.3 is 16.2 Å². The standard InChI is InChI=1S/C16H24N2O2/c17-15(10-12-4-2-1-3-5-12)16(20)18-11-13-6-8-14(19)9-7-13/h1-5,13-15,19H,6-11,17H2,(H,18,20). The van der Waals surface area contributed by atoms with Crippen LogP contribution in [0.2, 0.25) is 0 Å². The summed E-state index contributed by atoms with van der Waals surface area (Å²) in [4.78, 5) is 12.0. The topological polar surface area (TPSA) is 75.4 Å². The molecule has 1 aliphatic carbocycles. The number of aliphatic hydroxyl groups excluding tert-OH is 1. The summed E-state index contributed by atoms with van der Waals surface area (Å²) in [5.41, 5.74) is 7.01. The number of carbonyl (C=O) groups excluding carboxylic acids is 1. The Bertz CT molecular complexity index is 414. The SMILES string of the molecule is NC(Cc1ccccc1)C(=O)NCC1CCC(O)CC1. The molecule has 0 heterocycles. The molecular formula is C16H24N2O2. The van der Waals surface area contributed by atoms with Crippen molar-refractivity contribution in [1.82, 2.24) is 5.32 Å². The van der Waals surface area contributed by atoms with Crippen LogP contribution in [0.15, 0.2) is 30.3 Å². The molecule has 0 bridgehead atoms. The fraction of sp³-hybridized carbons (Fsp3) is 0.562. The van der Waals surface area contributed by atoms with E-state index in [2.05, 4.69) is 5.32 Å². The Morgan fingerprint density at radius 2 is 1.90 bits per heavy atom. The fourth-order valence-corrected chi connectivity index (χ4v) is 2.69. The lowest BCUT2D eigenvalue weighted by molar-refractivity contribution is -0.122. The average molecular weight is 276 g/mol. The van der Waals surface area contributed by atoms with Crippen molar-refractivity contribution in [2.75, 3.05) is 6.54 Å². The Hall–Kier alpha value is -1.39. The zero-order chi connectivity index (χ0) is 14.4. The molecule has 4 nitrogen and oxygen atoms in total. The molecule has 1 saturated carbocycles. The zero-order valence-electron chi connectivity index (χ0n) is 11.8. The van der Waals surface area contributed by atoms with Crippen LogP contribution in [0.1, 0.15) is 31.2 Å². The molecule has 4 heteroatoms. The van der Waals surface area contributed by atoms with E-state index >= 15 is 0 Å². The first-order valence-corrected chi connectivity index (χ1v) is 7.40. The number of nitrogens with two attached hydrogens (primary N) is 1. The van der Waals surface area contributed by atoms with E-state index in [0.717, 1.165) is 31.2 Å². The van der Waals surface area contributed by atoms with Gasteiger partial charge in [0.1, 0.15) is 0 Å². The predicted octanol–water partition coefficient (Wildman–Crippen LogP) is 1.22. The highest BCUT2D eigenvalue weighted by molar-refractivity contribution is 5.81. The maximum atomic E-state index is 12.0. The van der Waals surface area contributed by atoms with Crippen molar-refractivity contribution < 1.29 is 9.90 Å². The smallest absolute Gasteiger partial charge is 0.237 e. The molecule has 0 saturated heterocycles. The van der Waals surface area contributed by atoms with E-state index in [1.165, 1.54) is 0 Å². The molecule has 1 fully saturated rings. The Morgan fingerprint density at radius 3 is 2.55 bits per heavy atom. The minimum atomic E-state index is -0.494. The van der Waals surface area contributed by atoms with E-state index in [9.17, 15) is 9.90 Å². The fourth-order valence-electron chi connectivity index (χ4n) is 2.69. The second-order valence-electron chi connectivity index (χ2n) is 5.72. The van der Waals surface area contributed by atoms with Crippen LogP contribution in [0.25, 0.3) is 0 Å². The number of hydrogen-bond donors (Lipinski definition) is 3. The number of nitrogens with one attached hydrogen (secondary N) is 1. The highest BCUT2D eigenvalue weighted by Gasteiger charge is 2.21. The monoisotopic (exact) mass is 276 g/mol. The van der Waals surface area contributed by atoms with Crippen LogP contribution in [0.3, 0.4) is 0 Å². The summed E-state index contributed by atoms with van der Waals surface area (Å²) >= 11 is 0. The van der Waals surface area contributed by atoms with Crippen molar-refractivity contribution in [2.45, 2.75) is 44.2 Å². The third-order valence-electron chi connectivity index (χ3n) is 4.02. The average Bonchev–Trinajstić information content (AvgIpc) is 2.47. The third kappa shape index (κ3) is 4.62. The van der Waals surface area contributed by atoms with Crippen LogP contribution >= 0.6 is 0 Å². The second-order valence-corrected chi connectivity index (χ2v) is 5.72. The Kier molecular flexibility index (Phi) is 5.56. The van der Waals surface area contributed by atoms with E-state index in [1.54, 1.807) is 0 Å². The number of carbonyl (C=O) groups is 1. The molecule has 0 aromatic heterocycles. The first kappa shape index (κ1) is 15.0. The molecule has 20 heavy (non-hydrogen) atoms. The lowest BCUT2D eigenvalue weighted by Crippen LogP contribution is -2.44. The Morgan fingerprint density at radius 1 is 1.25 bits per heavy atom. The van der Waals surface area contributed by atoms with Gasteiger partial charge in [-0.15, -0.1) is 0 Å². The molecule has 1 aromatic carbocycles. The van der Waals surface area contributed by atoms with Crippen LogP contribution in [0.4, 0.5) is 0 Å². The van der Waals surface area contributed by atoms with Gasteiger partial charge in [0.15, 0.2) is 0 Å². The maximum Gasteiger partial charge on any atom is 0.237 e. The van der Waals surface area contributed by atoms with Crippen LogP contribution in [-0.2, 0) is 11.2 Å². The van der Waals surface area contributed by atoms with E-state index in [-0.39, 0.29) is 12.0 Å². The molecule has 1 aromatic rings. The normalized spacial score (nSPS) is 24.1. The molecule has 1 atom stereocenters. The van der Waals surface area contributed by atoms with Gasteiger partial charge in [0, 0.05) is 6.54 Å². The minimum Gasteiger partial charge on any atom is -0.393 e. The van der Waals surface area contributed by atoms with Crippen molar-refractivity contribution >= 4 is 5.91 Å². The lowest BCUT2D eigenvalue weighted by atomic mass is 9.87. The van der Waals surface area contributed by atoms with Gasteiger partial charge in [0.05, 0.1) is 12.1 Å². The van der Waals surface area contributed by atoms with E-state index in [0.29, 0.717) is 18.9 Å². The quantitative estimate of drug-likeness (QED) is 0.757. The predicted molar refractivity (Wildman–Crippen MR) is 79.1 cm³/mol. The number of hydrogen-bond acceptors (Lipinski definition) is 3. The van der Waals surface area contributed by atoms with Gasteiger partial charge >= 0.3 is 0 Å². The molecule has 0 spiro atoms. The zero-order valence-corrected chi connectivity index (χ0v) is 11.8. The molecule has 1 unspecified atom stereocenters. The summed E-state index contributed by atoms with van der Waals surface area (Å²) in [6, 6.07) is 9.32. The van der Waals surface area contributed by atoms with Gasteiger partial charge in [-0.1, -0.05) is 30.3 Å². The lowest BCUT2D eigenvalue weighted by Gasteiger charge is -2.26. The van der Waals surface area contributed by atoms with E-state index in [1.807, 2.05) is 30.3 Å². The van der Waals surface area contributed by atoms with Gasteiger partial charge in [-0.25, -0.2) is 0 Å². The van der Waals surface area contributed by atoms with Gasteiger partial charge in [-0.3, -0.25) is 4.79 Å². The van der Waals surface area contributed by atoms with E-state index < -0.39 is 6.04 Å². The molecular weight excluding hydrogens is 252 g/mol. The van der Waals surface area contributed by atoms with Gasteiger partial charge in [0.25, 0.3) is 0 Å². The van der Waals surface area contributed by atoms with Crippen LogP contribution in [0.5, 0.6) is 0 Å². The summed E-state index contributed by atoms with van der Waals surface area (Å²) in [6.45, 7) is 0.675. The maximum absolute atomic E-state index is 12.0. The first-order chi connectivity index (χ1) is 9.65. The Labute approximate surface area is 120 Å². The van der Waals surface area contributed by atoms with E-state index in [4.69, 9.17) is 5.73 Å². The van der Waals surface area contributed by atoms with Gasteiger partial charge in [-0.2, -0.15) is 0 Å². The number of amides is 1. The number of benzene rings is 1. The van der Waals surface area contributed by atoms with Crippen molar-refractivity contribution in [3.63, 3.8) is 0 Å². The molecule has 1 amide bonds. The molecule has 1 aliphatic rings. The van der Waals surface area contributed by atoms with Crippen LogP contribution in [0, 0.1) is 5.92 Å². The highest BCUT2D eigenvalue weighted by atomic mass is 16.3. The molecule has 110 valence electrons. The minimum absolute atomic E-state index is 0.0834. The third-order valence-corrected chi connectivity index (χ3v) is 4.02. The summed E-state index contributed by atoms with van der Waals surface area (Å²) in [5, 5.41) is 12.4. The van der Waals surface area contributed by atoms with Crippen molar-refractivity contribution in [2.24, 2.45) is 11.7 Å². The van der Waals surface area contributed by atoms with Crippen LogP contribution < -0.4 is 11.1 Å². The molecule has 4 N–H and O–H groups in total. The molecule has 2 rings (SSSR count). The Balaban J connectivity index is 1.71. The van der Waals surface area contributed by atoms with Gasteiger partial charge in [0.2, 0.25) is 5.91 Å². The van der Waals surface area contributed by atoms with Crippen molar-refractivity contribution in [3.05, 3.63) is 35.9 Å². The van der Waals surface area contributed by atoms with Gasteiger partial charge in [-0.05, 0) is 43.6 Å². The summed E-state index contributed by atoms with van der Waals surface area (Å²) in [7, 11) is 0. The van der Waals surface area contributed by atoms with Crippen LogP contribution in [-0.4, -0.2) is 29.7 Å². The van der Waals surface area contributed by atoms with Crippen molar-refractivity contribution in [3.8, 4) is 0 Å². The number of rotatable bonds is 5. The number of aliphatic hydroxyl groups is 1. The second kappa shape index (κ2) is 7.41. The molecule has 0 aliphatic heterocycles. The van der Waals surface area contributed by atoms with Crippen molar-refractivity contribution in [1.29, 1.82) is 0 Å².